The first-order valence-electron chi connectivity index (χ1n) is 12.8. The van der Waals surface area contributed by atoms with E-state index in [1.807, 2.05) is 74.5 Å². The zero-order valence-corrected chi connectivity index (χ0v) is 21.5. The van der Waals surface area contributed by atoms with Gasteiger partial charge in [0.05, 0.1) is 17.2 Å². The summed E-state index contributed by atoms with van der Waals surface area (Å²) < 4.78 is 18.0. The summed E-state index contributed by atoms with van der Waals surface area (Å²) in [6, 6.07) is 32.6. The Bertz CT molecular complexity index is 1390. The Kier molecular flexibility index (Phi) is 7.66. The van der Waals surface area contributed by atoms with Gasteiger partial charge < -0.3 is 14.2 Å². The van der Waals surface area contributed by atoms with Crippen LogP contribution in [-0.4, -0.2) is 30.8 Å². The van der Waals surface area contributed by atoms with Crippen LogP contribution < -0.4 is 0 Å². The number of hydrogen-bond donors (Lipinski definition) is 0. The zero-order valence-electron chi connectivity index (χ0n) is 21.5. The van der Waals surface area contributed by atoms with E-state index in [0.29, 0.717) is 17.5 Å². The molecule has 4 aromatic carbocycles. The Morgan fingerprint density at radius 2 is 1.32 bits per heavy atom. The monoisotopic (exact) mass is 506 g/mol. The van der Waals surface area contributed by atoms with Gasteiger partial charge >= 0.3 is 11.9 Å². The van der Waals surface area contributed by atoms with Crippen LogP contribution in [0.4, 0.5) is 0 Å². The van der Waals surface area contributed by atoms with Crippen molar-refractivity contribution in [2.24, 2.45) is 0 Å². The highest BCUT2D eigenvalue weighted by Gasteiger charge is 2.40. The lowest BCUT2D eigenvalue weighted by atomic mass is 9.94. The fourth-order valence-corrected chi connectivity index (χ4v) is 4.67. The Balaban J connectivity index is 1.37. The molecule has 1 saturated heterocycles. The normalized spacial score (nSPS) is 18.6. The van der Waals surface area contributed by atoms with E-state index in [4.69, 9.17) is 14.2 Å². The fraction of sp³-hybridized carbons (Fsp3) is 0.212. The van der Waals surface area contributed by atoms with Crippen LogP contribution in [0.15, 0.2) is 103 Å². The molecule has 0 spiro atoms. The molecule has 0 N–H and O–H groups in total. The highest BCUT2D eigenvalue weighted by Crippen LogP contribution is 2.39. The largest absolute Gasteiger partial charge is 0.459 e. The maximum absolute atomic E-state index is 13.0. The van der Waals surface area contributed by atoms with Crippen molar-refractivity contribution in [2.75, 3.05) is 6.61 Å². The highest BCUT2D eigenvalue weighted by atomic mass is 16.6. The standard InChI is InChI=1S/C33H30O5/c1-22-12-16-25(17-13-22)32(34)36-21-31-30(38-33(35)26-18-14-23(2)15-19-26)20-29(37-31)28-11-7-6-10-27(28)24-8-4-3-5-9-24/h3-19,29-31H,20-21H2,1-2H3/t29-,30+,31-/m1/s1. The molecule has 5 nitrogen and oxygen atoms in total. The number of hydrogen-bond acceptors (Lipinski definition) is 5. The smallest absolute Gasteiger partial charge is 0.338 e. The highest BCUT2D eigenvalue weighted by molar-refractivity contribution is 5.90. The van der Waals surface area contributed by atoms with Crippen LogP contribution in [0.2, 0.25) is 0 Å². The molecule has 4 aromatic rings. The van der Waals surface area contributed by atoms with E-state index in [-0.39, 0.29) is 12.7 Å². The van der Waals surface area contributed by atoms with Gasteiger partial charge in [-0.15, -0.1) is 0 Å². The Morgan fingerprint density at radius 3 is 1.97 bits per heavy atom. The predicted octanol–water partition coefficient (Wildman–Crippen LogP) is 6.88. The summed E-state index contributed by atoms with van der Waals surface area (Å²) in [5.74, 6) is -0.865. The van der Waals surface area contributed by atoms with Crippen LogP contribution in [0.5, 0.6) is 0 Å². The first-order valence-corrected chi connectivity index (χ1v) is 12.8. The number of carbonyl (C=O) groups excluding carboxylic acids is 2. The lowest BCUT2D eigenvalue weighted by molar-refractivity contribution is -0.0426. The minimum Gasteiger partial charge on any atom is -0.459 e. The van der Waals surface area contributed by atoms with Crippen molar-refractivity contribution in [3.63, 3.8) is 0 Å². The van der Waals surface area contributed by atoms with Gasteiger partial charge in [0.2, 0.25) is 0 Å². The van der Waals surface area contributed by atoms with Crippen LogP contribution in [-0.2, 0) is 14.2 Å². The molecule has 0 saturated carbocycles. The molecule has 0 amide bonds. The first-order chi connectivity index (χ1) is 18.5. The zero-order chi connectivity index (χ0) is 26.5. The van der Waals surface area contributed by atoms with Crippen molar-refractivity contribution < 1.29 is 23.8 Å². The van der Waals surface area contributed by atoms with Crippen molar-refractivity contribution >= 4 is 11.9 Å². The molecule has 38 heavy (non-hydrogen) atoms. The molecule has 0 unspecified atom stereocenters. The van der Waals surface area contributed by atoms with Gasteiger partial charge in [-0.25, -0.2) is 9.59 Å². The summed E-state index contributed by atoms with van der Waals surface area (Å²) in [7, 11) is 0. The SMILES string of the molecule is Cc1ccc(C(=O)OC[C@H]2O[C@@H](c3ccccc3-c3ccccc3)C[C@@H]2OC(=O)c2ccc(C)cc2)cc1. The minimum atomic E-state index is -0.604. The van der Waals surface area contributed by atoms with Gasteiger partial charge in [-0.1, -0.05) is 90.0 Å². The maximum atomic E-state index is 13.0. The first kappa shape index (κ1) is 25.4. The van der Waals surface area contributed by atoms with E-state index < -0.39 is 24.1 Å². The van der Waals surface area contributed by atoms with Crippen LogP contribution >= 0.6 is 0 Å². The predicted molar refractivity (Wildman–Crippen MR) is 146 cm³/mol. The van der Waals surface area contributed by atoms with Crippen molar-refractivity contribution in [3.8, 4) is 11.1 Å². The molecule has 5 heteroatoms. The molecule has 5 rings (SSSR count). The van der Waals surface area contributed by atoms with Crippen molar-refractivity contribution in [2.45, 2.75) is 38.6 Å². The Morgan fingerprint density at radius 1 is 0.737 bits per heavy atom. The van der Waals surface area contributed by atoms with Crippen LogP contribution in [0.25, 0.3) is 11.1 Å². The van der Waals surface area contributed by atoms with E-state index in [1.54, 1.807) is 24.3 Å². The third-order valence-electron chi connectivity index (χ3n) is 6.80. The summed E-state index contributed by atoms with van der Waals surface area (Å²) in [4.78, 5) is 25.7. The topological polar surface area (TPSA) is 61.8 Å². The number of benzene rings is 4. The van der Waals surface area contributed by atoms with Crippen LogP contribution in [0.3, 0.4) is 0 Å². The molecule has 1 aliphatic rings. The van der Waals surface area contributed by atoms with Crippen LogP contribution in [0.1, 0.15) is 49.9 Å². The Hall–Kier alpha value is -4.22. The van der Waals surface area contributed by atoms with Gasteiger partial charge in [-0.3, -0.25) is 0 Å². The van der Waals surface area contributed by atoms with E-state index in [9.17, 15) is 9.59 Å². The summed E-state index contributed by atoms with van der Waals surface area (Å²) in [6.07, 6.45) is -1.06. The summed E-state index contributed by atoms with van der Waals surface area (Å²) in [5, 5.41) is 0. The van der Waals surface area contributed by atoms with E-state index in [1.165, 1.54) is 0 Å². The van der Waals surface area contributed by atoms with Gasteiger partial charge in [-0.05, 0) is 54.8 Å². The lowest BCUT2D eigenvalue weighted by Gasteiger charge is -2.19. The average molecular weight is 507 g/mol. The minimum absolute atomic E-state index is 0.0252. The maximum Gasteiger partial charge on any atom is 0.338 e. The molecule has 0 aliphatic carbocycles. The quantitative estimate of drug-likeness (QED) is 0.256. The van der Waals surface area contributed by atoms with E-state index in [2.05, 4.69) is 18.2 Å². The molecule has 1 heterocycles. The van der Waals surface area contributed by atoms with E-state index >= 15 is 0 Å². The second-order valence-electron chi connectivity index (χ2n) is 9.63. The van der Waals surface area contributed by atoms with Gasteiger partial charge in [0.1, 0.15) is 18.8 Å². The summed E-state index contributed by atoms with van der Waals surface area (Å²) in [6.45, 7) is 3.90. The number of carbonyl (C=O) groups is 2. The van der Waals surface area contributed by atoms with Crippen molar-refractivity contribution in [1.82, 2.24) is 0 Å². The second kappa shape index (κ2) is 11.4. The molecule has 192 valence electrons. The molecule has 1 aliphatic heterocycles. The molecule has 1 fully saturated rings. The van der Waals surface area contributed by atoms with Crippen LogP contribution in [0, 0.1) is 13.8 Å². The average Bonchev–Trinajstić information content (AvgIpc) is 3.35. The fourth-order valence-electron chi connectivity index (χ4n) is 4.67. The molecular formula is C33H30O5. The molecule has 3 atom stereocenters. The summed E-state index contributed by atoms with van der Waals surface area (Å²) >= 11 is 0. The molecule has 0 aromatic heterocycles. The van der Waals surface area contributed by atoms with E-state index in [0.717, 1.165) is 27.8 Å². The van der Waals surface area contributed by atoms with Gasteiger partial charge in [0.15, 0.2) is 0 Å². The molecular weight excluding hydrogens is 476 g/mol. The Labute approximate surface area is 223 Å². The van der Waals surface area contributed by atoms with Gasteiger partial charge in [-0.2, -0.15) is 0 Å². The lowest BCUT2D eigenvalue weighted by Crippen LogP contribution is -2.32. The number of aryl methyl sites for hydroxylation is 2. The second-order valence-corrected chi connectivity index (χ2v) is 9.63. The number of ether oxygens (including phenoxy) is 3. The van der Waals surface area contributed by atoms with Crippen molar-refractivity contribution in [1.29, 1.82) is 0 Å². The number of esters is 2. The molecule has 0 radical (unpaired) electrons. The third kappa shape index (κ3) is 5.84. The van der Waals surface area contributed by atoms with Crippen molar-refractivity contribution in [3.05, 3.63) is 131 Å². The number of rotatable bonds is 7. The summed E-state index contributed by atoms with van der Waals surface area (Å²) in [5.41, 5.74) is 6.19. The van der Waals surface area contributed by atoms with Gasteiger partial charge in [0, 0.05) is 6.42 Å². The van der Waals surface area contributed by atoms with Gasteiger partial charge in [0.25, 0.3) is 0 Å². The molecule has 0 bridgehead atoms. The third-order valence-corrected chi connectivity index (χ3v) is 6.80.